The van der Waals surface area contributed by atoms with Crippen LogP contribution in [-0.2, 0) is 4.79 Å². The molecule has 2 aromatic carbocycles. The molecule has 7 heteroatoms. The Labute approximate surface area is 196 Å². The van der Waals surface area contributed by atoms with Crippen LogP contribution in [0.1, 0.15) is 12.0 Å². The van der Waals surface area contributed by atoms with Gasteiger partial charge in [0, 0.05) is 23.7 Å². The molecule has 3 heterocycles. The van der Waals surface area contributed by atoms with Gasteiger partial charge in [0.15, 0.2) is 6.61 Å². The minimum Gasteiger partial charge on any atom is -0.494 e. The van der Waals surface area contributed by atoms with E-state index in [2.05, 4.69) is 4.98 Å². The van der Waals surface area contributed by atoms with Gasteiger partial charge in [0.1, 0.15) is 16.5 Å². The van der Waals surface area contributed by atoms with Crippen molar-refractivity contribution >= 4 is 22.9 Å². The molecule has 6 nitrogen and oxygen atoms in total. The fourth-order valence-corrected chi connectivity index (χ4v) is 4.47. The summed E-state index contributed by atoms with van der Waals surface area (Å²) in [6.45, 7) is 3.18. The molecule has 1 amide bonds. The maximum Gasteiger partial charge on any atom is 0.265 e. The molecule has 0 bridgehead atoms. The molecule has 0 unspecified atom stereocenters. The first-order valence-electron chi connectivity index (χ1n) is 10.8. The molecule has 0 aliphatic carbocycles. The van der Waals surface area contributed by atoms with Crippen LogP contribution >= 0.6 is 11.3 Å². The third kappa shape index (κ3) is 4.73. The number of amides is 1. The first kappa shape index (κ1) is 21.2. The van der Waals surface area contributed by atoms with Crippen molar-refractivity contribution < 1.29 is 14.3 Å². The summed E-state index contributed by atoms with van der Waals surface area (Å²) in [7, 11) is 0. The second kappa shape index (κ2) is 9.42. The van der Waals surface area contributed by atoms with Gasteiger partial charge in [0.05, 0.1) is 23.7 Å². The Kier molecular flexibility index (Phi) is 6.04. The maximum atomic E-state index is 12.6. The molecule has 166 valence electrons. The third-order valence-electron chi connectivity index (χ3n) is 5.40. The highest BCUT2D eigenvalue weighted by Crippen LogP contribution is 2.37. The lowest BCUT2D eigenvalue weighted by atomic mass is 10.1. The summed E-state index contributed by atoms with van der Waals surface area (Å²) in [6.07, 6.45) is 2.47. The van der Waals surface area contributed by atoms with Crippen molar-refractivity contribution in [2.75, 3.05) is 24.7 Å². The van der Waals surface area contributed by atoms with Crippen LogP contribution in [0.2, 0.25) is 0 Å². The van der Waals surface area contributed by atoms with Crippen molar-refractivity contribution in [3.63, 3.8) is 0 Å². The second-order valence-corrected chi connectivity index (χ2v) is 8.64. The van der Waals surface area contributed by atoms with Crippen LogP contribution in [0.4, 0.5) is 5.69 Å². The summed E-state index contributed by atoms with van der Waals surface area (Å²) in [5.41, 5.74) is 4.60. The molecule has 0 spiro atoms. The van der Waals surface area contributed by atoms with E-state index in [1.54, 1.807) is 22.4 Å². The van der Waals surface area contributed by atoms with Crippen molar-refractivity contribution in [1.29, 1.82) is 0 Å². The van der Waals surface area contributed by atoms with E-state index in [-0.39, 0.29) is 12.5 Å². The van der Waals surface area contributed by atoms with E-state index in [1.165, 1.54) is 5.56 Å². The molecule has 5 rings (SSSR count). The minimum absolute atomic E-state index is 0.0473. The number of pyridine rings is 1. The van der Waals surface area contributed by atoms with Gasteiger partial charge in [0.25, 0.3) is 5.91 Å². The molecule has 1 aliphatic heterocycles. The smallest absolute Gasteiger partial charge is 0.265 e. The standard InChI is InChI=1S/C26H23N3O3S/c1-18-6-9-20(10-7-18)31-14-4-13-29-23-15-19(8-11-24(23)32-16-25(29)30)22-17-33-26(28-22)21-5-2-3-12-27-21/h2-3,5-12,15,17H,4,13-14,16H2,1H3. The van der Waals surface area contributed by atoms with E-state index in [0.29, 0.717) is 25.3 Å². The van der Waals surface area contributed by atoms with Gasteiger partial charge in [-0.25, -0.2) is 4.98 Å². The van der Waals surface area contributed by atoms with Gasteiger partial charge in [-0.1, -0.05) is 23.8 Å². The first-order chi connectivity index (χ1) is 16.2. The van der Waals surface area contributed by atoms with E-state index in [1.807, 2.05) is 73.0 Å². The van der Waals surface area contributed by atoms with Crippen LogP contribution < -0.4 is 14.4 Å². The fraction of sp³-hybridized carbons (Fsp3) is 0.192. The molecule has 0 fully saturated rings. The van der Waals surface area contributed by atoms with Gasteiger partial charge in [0.2, 0.25) is 0 Å². The number of fused-ring (bicyclic) bond motifs is 1. The highest BCUT2D eigenvalue weighted by Gasteiger charge is 2.26. The quantitative estimate of drug-likeness (QED) is 0.349. The van der Waals surface area contributed by atoms with Crippen molar-refractivity contribution in [2.45, 2.75) is 13.3 Å². The monoisotopic (exact) mass is 457 g/mol. The van der Waals surface area contributed by atoms with Crippen LogP contribution in [0.3, 0.4) is 0 Å². The normalized spacial score (nSPS) is 12.9. The summed E-state index contributed by atoms with van der Waals surface area (Å²) in [5, 5.41) is 2.87. The van der Waals surface area contributed by atoms with Gasteiger partial charge in [-0.15, -0.1) is 11.3 Å². The van der Waals surface area contributed by atoms with Gasteiger partial charge in [-0.05, 0) is 55.8 Å². The molecular weight excluding hydrogens is 434 g/mol. The maximum absolute atomic E-state index is 12.6. The van der Waals surface area contributed by atoms with Crippen molar-refractivity contribution in [3.05, 3.63) is 77.8 Å². The fourth-order valence-electron chi connectivity index (χ4n) is 3.67. The zero-order valence-electron chi connectivity index (χ0n) is 18.2. The summed E-state index contributed by atoms with van der Waals surface area (Å²) in [6, 6.07) is 19.6. The Hall–Kier alpha value is -3.71. The number of rotatable bonds is 7. The van der Waals surface area contributed by atoms with Gasteiger partial charge < -0.3 is 14.4 Å². The number of thiazole rings is 1. The van der Waals surface area contributed by atoms with Crippen molar-refractivity contribution in [3.8, 4) is 33.5 Å². The predicted octanol–water partition coefficient (Wildman–Crippen LogP) is 5.38. The second-order valence-electron chi connectivity index (χ2n) is 7.78. The van der Waals surface area contributed by atoms with E-state index in [4.69, 9.17) is 14.5 Å². The number of aryl methyl sites for hydroxylation is 1. The largest absolute Gasteiger partial charge is 0.494 e. The van der Waals surface area contributed by atoms with Crippen LogP contribution in [0, 0.1) is 6.92 Å². The van der Waals surface area contributed by atoms with E-state index < -0.39 is 0 Å². The number of nitrogens with zero attached hydrogens (tertiary/aromatic N) is 3. The summed E-state index contributed by atoms with van der Waals surface area (Å²) in [4.78, 5) is 23.5. The number of hydrogen-bond donors (Lipinski definition) is 0. The van der Waals surface area contributed by atoms with Gasteiger partial charge in [-0.3, -0.25) is 9.78 Å². The van der Waals surface area contributed by atoms with E-state index in [9.17, 15) is 4.79 Å². The molecule has 0 saturated carbocycles. The SMILES string of the molecule is Cc1ccc(OCCCN2C(=O)COc3ccc(-c4csc(-c5ccccn5)n4)cc32)cc1. The Morgan fingerprint density at radius 3 is 2.79 bits per heavy atom. The molecule has 1 aliphatic rings. The number of anilines is 1. The third-order valence-corrected chi connectivity index (χ3v) is 6.27. The zero-order valence-corrected chi connectivity index (χ0v) is 19.0. The average molecular weight is 458 g/mol. The molecular formula is C26H23N3O3S. The Bertz CT molecular complexity index is 1260. The Balaban J connectivity index is 1.31. The molecule has 0 saturated heterocycles. The van der Waals surface area contributed by atoms with Crippen LogP contribution in [0.5, 0.6) is 11.5 Å². The number of carbonyl (C=O) groups is 1. The number of ether oxygens (including phenoxy) is 2. The van der Waals surface area contributed by atoms with Crippen LogP contribution in [0.15, 0.2) is 72.2 Å². The topological polar surface area (TPSA) is 64.5 Å². The molecule has 0 N–H and O–H groups in total. The van der Waals surface area contributed by atoms with Crippen molar-refractivity contribution in [2.24, 2.45) is 0 Å². The number of hydrogen-bond acceptors (Lipinski definition) is 6. The minimum atomic E-state index is -0.0533. The van der Waals surface area contributed by atoms with Crippen LogP contribution in [-0.4, -0.2) is 35.6 Å². The summed E-state index contributed by atoms with van der Waals surface area (Å²) in [5.74, 6) is 1.49. The molecule has 33 heavy (non-hydrogen) atoms. The predicted molar refractivity (Wildman–Crippen MR) is 130 cm³/mol. The number of aromatic nitrogens is 2. The first-order valence-corrected chi connectivity index (χ1v) is 11.7. The Morgan fingerprint density at radius 2 is 1.97 bits per heavy atom. The van der Waals surface area contributed by atoms with E-state index in [0.717, 1.165) is 33.4 Å². The van der Waals surface area contributed by atoms with Crippen molar-refractivity contribution in [1.82, 2.24) is 9.97 Å². The molecule has 0 radical (unpaired) electrons. The lowest BCUT2D eigenvalue weighted by Crippen LogP contribution is -2.39. The van der Waals surface area contributed by atoms with E-state index >= 15 is 0 Å². The number of carbonyl (C=O) groups excluding carboxylic acids is 1. The summed E-state index contributed by atoms with van der Waals surface area (Å²) < 4.78 is 11.5. The average Bonchev–Trinajstić information content (AvgIpc) is 3.35. The molecule has 0 atom stereocenters. The van der Waals surface area contributed by atoms with Gasteiger partial charge in [-0.2, -0.15) is 0 Å². The Morgan fingerprint density at radius 1 is 1.09 bits per heavy atom. The highest BCUT2D eigenvalue weighted by molar-refractivity contribution is 7.13. The molecule has 4 aromatic rings. The zero-order chi connectivity index (χ0) is 22.6. The molecule has 2 aromatic heterocycles. The van der Waals surface area contributed by atoms with Crippen LogP contribution in [0.25, 0.3) is 22.0 Å². The lowest BCUT2D eigenvalue weighted by molar-refractivity contribution is -0.121. The van der Waals surface area contributed by atoms with Gasteiger partial charge >= 0.3 is 0 Å². The summed E-state index contributed by atoms with van der Waals surface area (Å²) >= 11 is 1.55. The number of benzene rings is 2. The lowest BCUT2D eigenvalue weighted by Gasteiger charge is -2.29. The highest BCUT2D eigenvalue weighted by atomic mass is 32.1.